The summed E-state index contributed by atoms with van der Waals surface area (Å²) in [7, 11) is 3.98. The van der Waals surface area contributed by atoms with Crippen molar-refractivity contribution >= 4 is 12.0 Å². The van der Waals surface area contributed by atoms with Gasteiger partial charge in [-0.3, -0.25) is 0 Å². The van der Waals surface area contributed by atoms with Crippen molar-refractivity contribution in [3.05, 3.63) is 0 Å². The van der Waals surface area contributed by atoms with E-state index in [-0.39, 0.29) is 19.0 Å². The molecule has 0 aromatic heterocycles. The zero-order valence-corrected chi connectivity index (χ0v) is 11.7. The standard InChI is InChI=1S/C12H23N3O4/c1-8-6-15(7-9(8)14(2)3)12(19)13-5-4-10(16)11(17)18/h8-10,16H,4-7H2,1-3H3,(H,13,19)(H,17,18). The lowest BCUT2D eigenvalue weighted by atomic mass is 10.1. The Labute approximate surface area is 113 Å². The number of carbonyl (C=O) groups excluding carboxylic acids is 1. The Morgan fingerprint density at radius 1 is 1.42 bits per heavy atom. The molecule has 2 amide bonds. The largest absolute Gasteiger partial charge is 0.479 e. The van der Waals surface area contributed by atoms with Crippen LogP contribution in [-0.2, 0) is 4.79 Å². The molecule has 19 heavy (non-hydrogen) atoms. The van der Waals surface area contributed by atoms with Crippen LogP contribution in [0.3, 0.4) is 0 Å². The van der Waals surface area contributed by atoms with Crippen LogP contribution >= 0.6 is 0 Å². The summed E-state index contributed by atoms with van der Waals surface area (Å²) in [6, 6.07) is 0.143. The van der Waals surface area contributed by atoms with E-state index in [2.05, 4.69) is 17.1 Å². The lowest BCUT2D eigenvalue weighted by Gasteiger charge is -2.22. The highest BCUT2D eigenvalue weighted by Crippen LogP contribution is 2.19. The first-order valence-corrected chi connectivity index (χ1v) is 6.43. The molecule has 110 valence electrons. The number of rotatable bonds is 5. The third-order valence-electron chi connectivity index (χ3n) is 3.50. The van der Waals surface area contributed by atoms with Gasteiger partial charge < -0.3 is 25.3 Å². The molecule has 1 heterocycles. The van der Waals surface area contributed by atoms with Gasteiger partial charge in [-0.05, 0) is 20.0 Å². The molecule has 1 aliphatic heterocycles. The number of urea groups is 1. The number of carbonyl (C=O) groups is 2. The second-order valence-corrected chi connectivity index (χ2v) is 5.29. The molecule has 1 rings (SSSR count). The van der Waals surface area contributed by atoms with Crippen LogP contribution in [0.15, 0.2) is 0 Å². The topological polar surface area (TPSA) is 93.1 Å². The molecule has 1 saturated heterocycles. The average Bonchev–Trinajstić information content (AvgIpc) is 2.71. The highest BCUT2D eigenvalue weighted by atomic mass is 16.4. The van der Waals surface area contributed by atoms with Crippen molar-refractivity contribution in [2.45, 2.75) is 25.5 Å². The summed E-state index contributed by atoms with van der Waals surface area (Å²) in [4.78, 5) is 26.1. The smallest absolute Gasteiger partial charge is 0.332 e. The number of nitrogens with one attached hydrogen (secondary N) is 1. The lowest BCUT2D eigenvalue weighted by molar-refractivity contribution is -0.146. The van der Waals surface area contributed by atoms with Crippen molar-refractivity contribution in [3.63, 3.8) is 0 Å². The predicted molar refractivity (Wildman–Crippen MR) is 69.9 cm³/mol. The second-order valence-electron chi connectivity index (χ2n) is 5.29. The number of likely N-dealkylation sites (N-methyl/N-ethyl adjacent to an activating group) is 1. The predicted octanol–water partition coefficient (Wildman–Crippen LogP) is -0.586. The Bertz CT molecular complexity index is 335. The van der Waals surface area contributed by atoms with E-state index in [4.69, 9.17) is 10.2 Å². The van der Waals surface area contributed by atoms with Gasteiger partial charge in [0.05, 0.1) is 0 Å². The summed E-state index contributed by atoms with van der Waals surface area (Å²) >= 11 is 0. The fraction of sp³-hybridized carbons (Fsp3) is 0.833. The maximum absolute atomic E-state index is 11.9. The molecule has 0 bridgehead atoms. The molecule has 3 atom stereocenters. The summed E-state index contributed by atoms with van der Waals surface area (Å²) < 4.78 is 0. The monoisotopic (exact) mass is 273 g/mol. The third-order valence-corrected chi connectivity index (χ3v) is 3.50. The van der Waals surface area contributed by atoms with Gasteiger partial charge in [-0.25, -0.2) is 9.59 Å². The number of amides is 2. The molecule has 0 aromatic rings. The molecule has 7 heteroatoms. The maximum atomic E-state index is 11.9. The van der Waals surface area contributed by atoms with E-state index in [0.29, 0.717) is 25.0 Å². The summed E-state index contributed by atoms with van der Waals surface area (Å²) in [6.07, 6.45) is -1.41. The fourth-order valence-electron chi connectivity index (χ4n) is 2.34. The Morgan fingerprint density at radius 3 is 2.53 bits per heavy atom. The number of hydrogen-bond acceptors (Lipinski definition) is 4. The molecular formula is C12H23N3O4. The summed E-state index contributed by atoms with van der Waals surface area (Å²) in [5.74, 6) is -0.859. The molecule has 7 nitrogen and oxygen atoms in total. The average molecular weight is 273 g/mol. The number of likely N-dealkylation sites (tertiary alicyclic amines) is 1. The van der Waals surface area contributed by atoms with Crippen LogP contribution in [0.25, 0.3) is 0 Å². The second kappa shape index (κ2) is 6.72. The van der Waals surface area contributed by atoms with E-state index in [1.54, 1.807) is 4.90 Å². The molecule has 0 aromatic carbocycles. The van der Waals surface area contributed by atoms with Crippen LogP contribution in [0.4, 0.5) is 4.79 Å². The fourth-order valence-corrected chi connectivity index (χ4v) is 2.34. The number of nitrogens with zero attached hydrogens (tertiary/aromatic N) is 2. The molecule has 1 aliphatic rings. The molecule has 1 fully saturated rings. The number of carboxylic acid groups (broad SMARTS) is 1. The van der Waals surface area contributed by atoms with Gasteiger partial charge in [0.25, 0.3) is 0 Å². The van der Waals surface area contributed by atoms with Crippen molar-refractivity contribution in [2.75, 3.05) is 33.7 Å². The van der Waals surface area contributed by atoms with Crippen molar-refractivity contribution < 1.29 is 19.8 Å². The van der Waals surface area contributed by atoms with Crippen molar-refractivity contribution in [3.8, 4) is 0 Å². The van der Waals surface area contributed by atoms with Crippen LogP contribution in [0.1, 0.15) is 13.3 Å². The van der Waals surface area contributed by atoms with Gasteiger partial charge in [-0.15, -0.1) is 0 Å². The third kappa shape index (κ3) is 4.36. The first kappa shape index (κ1) is 15.7. The molecule has 0 saturated carbocycles. The van der Waals surface area contributed by atoms with Gasteiger partial charge in [-0.2, -0.15) is 0 Å². The van der Waals surface area contributed by atoms with E-state index in [9.17, 15) is 9.59 Å². The van der Waals surface area contributed by atoms with E-state index in [0.717, 1.165) is 0 Å². The van der Waals surface area contributed by atoms with E-state index < -0.39 is 12.1 Å². The highest BCUT2D eigenvalue weighted by molar-refractivity contribution is 5.75. The zero-order valence-electron chi connectivity index (χ0n) is 11.7. The quantitative estimate of drug-likeness (QED) is 0.623. The zero-order chi connectivity index (χ0) is 14.6. The van der Waals surface area contributed by atoms with Crippen LogP contribution < -0.4 is 5.32 Å². The van der Waals surface area contributed by atoms with Gasteiger partial charge in [0, 0.05) is 32.1 Å². The Kier molecular flexibility index (Phi) is 5.56. The minimum absolute atomic E-state index is 0.0155. The van der Waals surface area contributed by atoms with Crippen LogP contribution in [0.5, 0.6) is 0 Å². The summed E-state index contributed by atoms with van der Waals surface area (Å²) in [5.41, 5.74) is 0. The summed E-state index contributed by atoms with van der Waals surface area (Å²) in [6.45, 7) is 3.62. The number of aliphatic carboxylic acids is 1. The van der Waals surface area contributed by atoms with Gasteiger partial charge >= 0.3 is 12.0 Å². The summed E-state index contributed by atoms with van der Waals surface area (Å²) in [5, 5.41) is 20.2. The highest BCUT2D eigenvalue weighted by Gasteiger charge is 2.33. The molecule has 0 spiro atoms. The van der Waals surface area contributed by atoms with Crippen LogP contribution in [0, 0.1) is 5.92 Å². The molecule has 3 N–H and O–H groups in total. The van der Waals surface area contributed by atoms with Gasteiger partial charge in [0.15, 0.2) is 6.10 Å². The van der Waals surface area contributed by atoms with Crippen molar-refractivity contribution in [2.24, 2.45) is 5.92 Å². The van der Waals surface area contributed by atoms with Crippen LogP contribution in [-0.4, -0.2) is 77.9 Å². The number of hydrogen-bond donors (Lipinski definition) is 3. The number of carboxylic acids is 1. The SMILES string of the molecule is CC1CN(C(=O)NCCC(O)C(=O)O)CC1N(C)C. The lowest BCUT2D eigenvalue weighted by Crippen LogP contribution is -2.41. The van der Waals surface area contributed by atoms with E-state index in [1.807, 2.05) is 14.1 Å². The first-order chi connectivity index (χ1) is 8.82. The minimum atomic E-state index is -1.42. The van der Waals surface area contributed by atoms with Crippen molar-refractivity contribution in [1.29, 1.82) is 0 Å². The van der Waals surface area contributed by atoms with Gasteiger partial charge in [0.2, 0.25) is 0 Å². The molecule has 0 aliphatic carbocycles. The van der Waals surface area contributed by atoms with E-state index in [1.165, 1.54) is 0 Å². The number of aliphatic hydroxyl groups excluding tert-OH is 1. The Balaban J connectivity index is 2.33. The van der Waals surface area contributed by atoms with Gasteiger partial charge in [0.1, 0.15) is 0 Å². The Hall–Kier alpha value is -1.34. The molecule has 0 radical (unpaired) electrons. The van der Waals surface area contributed by atoms with Crippen LogP contribution in [0.2, 0.25) is 0 Å². The molecule has 3 unspecified atom stereocenters. The van der Waals surface area contributed by atoms with Gasteiger partial charge in [-0.1, -0.05) is 6.92 Å². The minimum Gasteiger partial charge on any atom is -0.479 e. The van der Waals surface area contributed by atoms with Crippen molar-refractivity contribution in [1.82, 2.24) is 15.1 Å². The normalized spacial score (nSPS) is 24.6. The van der Waals surface area contributed by atoms with E-state index >= 15 is 0 Å². The maximum Gasteiger partial charge on any atom is 0.332 e. The first-order valence-electron chi connectivity index (χ1n) is 6.43. The molecular weight excluding hydrogens is 250 g/mol. The number of aliphatic hydroxyl groups is 1. The Morgan fingerprint density at radius 2 is 2.05 bits per heavy atom.